The number of carbonyl (C=O) groups excluding carboxylic acids is 4. The summed E-state index contributed by atoms with van der Waals surface area (Å²) in [7, 11) is 3.73. The maximum Gasteiger partial charge on any atom is 0.316 e. The molecule has 2 heterocycles. The van der Waals surface area contributed by atoms with Crippen molar-refractivity contribution in [3.63, 3.8) is 0 Å². The van der Waals surface area contributed by atoms with Gasteiger partial charge in [0.25, 0.3) is 0 Å². The van der Waals surface area contributed by atoms with Crippen molar-refractivity contribution in [3.8, 4) is 0 Å². The van der Waals surface area contributed by atoms with Crippen molar-refractivity contribution in [2.75, 3.05) is 26.0 Å². The van der Waals surface area contributed by atoms with Crippen LogP contribution < -0.4 is 0 Å². The molecule has 0 aromatic carbocycles. The Hall–Kier alpha value is -1.00. The predicted octanol–water partition coefficient (Wildman–Crippen LogP) is 3.82. The number of carbonyl (C=O) groups is 4. The number of aliphatic hydroxyl groups excluding tert-OH is 1. The number of esters is 2. The lowest BCUT2D eigenvalue weighted by atomic mass is 9.74. The zero-order chi connectivity index (χ0) is 36.9. The average molecular weight is 816 g/mol. The number of hydrogen-bond donors (Lipinski definition) is 2. The van der Waals surface area contributed by atoms with Gasteiger partial charge >= 0.3 is 11.9 Å². The molecule has 0 aliphatic carbocycles. The molecule has 0 amide bonds. The molecule has 0 aromatic heterocycles. The Bertz CT molecular complexity index is 1120. The summed E-state index contributed by atoms with van der Waals surface area (Å²) in [5.41, 5.74) is -3.34. The van der Waals surface area contributed by atoms with Crippen molar-refractivity contribution in [2.45, 2.75) is 140 Å². The number of likely N-dealkylation sites (N-methyl/N-ethyl adjacent to an activating group) is 1. The maximum atomic E-state index is 14.2. The van der Waals surface area contributed by atoms with Crippen molar-refractivity contribution in [2.24, 2.45) is 23.7 Å². The van der Waals surface area contributed by atoms with Crippen molar-refractivity contribution >= 4 is 55.4 Å². The Morgan fingerprint density at radius 2 is 1.69 bits per heavy atom. The molecule has 14 heteroatoms. The van der Waals surface area contributed by atoms with E-state index < -0.39 is 83.3 Å². The van der Waals surface area contributed by atoms with Crippen LogP contribution in [-0.4, -0.2) is 124 Å². The zero-order valence-electron chi connectivity index (χ0n) is 30.2. The number of aliphatic hydroxyl groups is 2. The number of rotatable bonds is 9. The smallest absolute Gasteiger partial charge is 0.316 e. The predicted molar refractivity (Wildman–Crippen MR) is 186 cm³/mol. The van der Waals surface area contributed by atoms with Crippen molar-refractivity contribution in [1.29, 1.82) is 0 Å². The molecule has 2 rings (SSSR count). The summed E-state index contributed by atoms with van der Waals surface area (Å²) in [6.45, 7) is 14.4. The van der Waals surface area contributed by atoms with Gasteiger partial charge < -0.3 is 38.8 Å². The summed E-state index contributed by atoms with van der Waals surface area (Å²) >= 11 is 7.02. The third-order valence-electron chi connectivity index (χ3n) is 9.88. The second-order valence-corrected chi connectivity index (χ2v) is 16.2. The topological polar surface area (TPSA) is 158 Å². The van der Waals surface area contributed by atoms with Gasteiger partial charge in [-0.05, 0) is 61.1 Å². The minimum atomic E-state index is -1.98. The maximum absolute atomic E-state index is 14.2. The molecule has 14 atom stereocenters. The van der Waals surface area contributed by atoms with Gasteiger partial charge in [-0.25, -0.2) is 0 Å². The van der Waals surface area contributed by atoms with E-state index in [2.05, 4.69) is 31.9 Å². The Labute approximate surface area is 302 Å². The van der Waals surface area contributed by atoms with Gasteiger partial charge in [0.15, 0.2) is 18.2 Å². The highest BCUT2D eigenvalue weighted by Crippen LogP contribution is 2.39. The Kier molecular flexibility index (Phi) is 16.2. The molecular formula is C34H57Br2NO11. The van der Waals surface area contributed by atoms with Crippen molar-refractivity contribution in [3.05, 3.63) is 0 Å². The van der Waals surface area contributed by atoms with E-state index in [9.17, 15) is 29.4 Å². The zero-order valence-corrected chi connectivity index (χ0v) is 33.4. The van der Waals surface area contributed by atoms with Crippen LogP contribution in [0, 0.1) is 23.7 Å². The van der Waals surface area contributed by atoms with Crippen LogP contribution in [0.1, 0.15) is 81.6 Å². The molecule has 278 valence electrons. The summed E-state index contributed by atoms with van der Waals surface area (Å²) in [4.78, 5) is 55.7. The number of halogens is 2. The molecule has 0 bridgehead atoms. The number of ether oxygens (including phenoxy) is 5. The van der Waals surface area contributed by atoms with E-state index in [0.29, 0.717) is 11.8 Å². The van der Waals surface area contributed by atoms with Gasteiger partial charge in [0.2, 0.25) is 0 Å². The summed E-state index contributed by atoms with van der Waals surface area (Å²) in [6, 6.07) is -0.282. The van der Waals surface area contributed by atoms with Gasteiger partial charge in [0.05, 0.1) is 36.6 Å². The van der Waals surface area contributed by atoms with Crippen LogP contribution >= 0.6 is 31.9 Å². The highest BCUT2D eigenvalue weighted by atomic mass is 79.9. The number of hydrogen-bond acceptors (Lipinski definition) is 12. The standard InChI is InChI=1S/C34H57Br2NO11/c1-12-25-34(9,43)29(41)19(4)26(39)17(2)14-33(8,44-16-23(36)15-35)30(20(5)27(40)21(6)31(42)47-25)48-32-28(46-22(7)38)24(37(10)11)13-18(3)45-32/h17-21,23-25,28-30,32,41,43H,12-16H2,1-11H3/t17-,18-,19+,20+,21-,23?,24+,25-,28-,29-,30-,32+,33-,34-/m1/s1. The first-order valence-corrected chi connectivity index (χ1v) is 18.8. The molecular weight excluding hydrogens is 758 g/mol. The van der Waals surface area contributed by atoms with Crippen LogP contribution in [0.5, 0.6) is 0 Å². The summed E-state index contributed by atoms with van der Waals surface area (Å²) < 4.78 is 31.1. The number of nitrogens with zero attached hydrogens (tertiary/aromatic N) is 1. The van der Waals surface area contributed by atoms with Crippen LogP contribution in [0.2, 0.25) is 0 Å². The van der Waals surface area contributed by atoms with Crippen molar-refractivity contribution in [1.82, 2.24) is 4.90 Å². The monoisotopic (exact) mass is 813 g/mol. The van der Waals surface area contributed by atoms with E-state index in [1.54, 1.807) is 27.7 Å². The lowest BCUT2D eigenvalue weighted by molar-refractivity contribution is -0.299. The highest BCUT2D eigenvalue weighted by Gasteiger charge is 2.53. The molecule has 48 heavy (non-hydrogen) atoms. The average Bonchev–Trinajstić information content (AvgIpc) is 3.02. The SMILES string of the molecule is CC[C@H]1OC(=O)[C@H](C)C(=O)[C@H](C)[C@@H](O[C@@H]2O[C@H](C)C[C@H](N(C)C)[C@H]2OC(C)=O)[C@](C)(OCC(Br)CBr)C[C@@H](C)C(=O)[C@H](C)[C@@H](O)[C@]1(C)O. The number of Topliss-reactive ketones (excluding diaryl/α,β-unsaturated/α-hetero) is 2. The fourth-order valence-electron chi connectivity index (χ4n) is 7.00. The fraction of sp³-hybridized carbons (Fsp3) is 0.882. The highest BCUT2D eigenvalue weighted by molar-refractivity contribution is 9.12. The molecule has 0 aromatic rings. The number of ketones is 2. The lowest BCUT2D eigenvalue weighted by Gasteiger charge is -2.48. The molecule has 0 saturated carbocycles. The number of alkyl halides is 2. The quantitative estimate of drug-likeness (QED) is 0.197. The van der Waals surface area contributed by atoms with Crippen LogP contribution in [0.15, 0.2) is 0 Å². The molecule has 2 N–H and O–H groups in total. The summed E-state index contributed by atoms with van der Waals surface area (Å²) in [5.74, 6) is -6.38. The van der Waals surface area contributed by atoms with E-state index in [4.69, 9.17) is 23.7 Å². The third kappa shape index (κ3) is 10.3. The summed E-state index contributed by atoms with van der Waals surface area (Å²) in [5, 5.41) is 23.2. The van der Waals surface area contributed by atoms with Gasteiger partial charge in [0, 0.05) is 34.8 Å². The normalized spacial score (nSPS) is 41.4. The molecule has 0 radical (unpaired) electrons. The van der Waals surface area contributed by atoms with Crippen LogP contribution in [0.4, 0.5) is 0 Å². The first kappa shape index (κ1) is 43.2. The second-order valence-electron chi connectivity index (χ2n) is 14.3. The van der Waals surface area contributed by atoms with E-state index in [0.717, 1.165) is 0 Å². The van der Waals surface area contributed by atoms with Crippen LogP contribution in [0.25, 0.3) is 0 Å². The van der Waals surface area contributed by atoms with Gasteiger partial charge in [-0.1, -0.05) is 59.6 Å². The van der Waals surface area contributed by atoms with E-state index in [1.807, 2.05) is 25.9 Å². The molecule has 2 fully saturated rings. The Morgan fingerprint density at radius 3 is 2.21 bits per heavy atom. The van der Waals surface area contributed by atoms with Crippen molar-refractivity contribution < 1.29 is 53.1 Å². The molecule has 2 saturated heterocycles. The van der Waals surface area contributed by atoms with Crippen LogP contribution in [0.3, 0.4) is 0 Å². The molecule has 1 unspecified atom stereocenters. The van der Waals surface area contributed by atoms with E-state index in [1.165, 1.54) is 27.7 Å². The second kappa shape index (κ2) is 18.0. The van der Waals surface area contributed by atoms with Gasteiger partial charge in [-0.15, -0.1) is 0 Å². The van der Waals surface area contributed by atoms with Gasteiger partial charge in [-0.2, -0.15) is 0 Å². The minimum absolute atomic E-state index is 0.0446. The first-order valence-electron chi connectivity index (χ1n) is 16.8. The largest absolute Gasteiger partial charge is 0.459 e. The molecule has 12 nitrogen and oxygen atoms in total. The van der Waals surface area contributed by atoms with Crippen LogP contribution in [-0.2, 0) is 42.9 Å². The minimum Gasteiger partial charge on any atom is -0.459 e. The summed E-state index contributed by atoms with van der Waals surface area (Å²) in [6.07, 6.45) is -5.47. The molecule has 2 aliphatic rings. The molecule has 0 spiro atoms. The number of cyclic esters (lactones) is 1. The Balaban J connectivity index is 2.79. The van der Waals surface area contributed by atoms with E-state index >= 15 is 0 Å². The fourth-order valence-corrected chi connectivity index (χ4v) is 7.32. The first-order chi connectivity index (χ1) is 22.1. The molecule has 2 aliphatic heterocycles. The Morgan fingerprint density at radius 1 is 1.08 bits per heavy atom. The lowest BCUT2D eigenvalue weighted by Crippen LogP contribution is -2.61. The van der Waals surface area contributed by atoms with E-state index in [-0.39, 0.29) is 42.2 Å². The van der Waals surface area contributed by atoms with Gasteiger partial charge in [0.1, 0.15) is 23.4 Å². The van der Waals surface area contributed by atoms with Gasteiger partial charge in [-0.3, -0.25) is 19.2 Å². The third-order valence-corrected chi connectivity index (χ3v) is 12.1.